The number of halogens is 3. The van der Waals surface area contributed by atoms with Crippen molar-refractivity contribution in [1.82, 2.24) is 59.0 Å². The minimum absolute atomic E-state index is 0.183. The smallest absolute Gasteiger partial charge is 0.266 e. The molecule has 16 nitrogen and oxygen atoms in total. The van der Waals surface area contributed by atoms with Gasteiger partial charge in [-0.15, -0.1) is 0 Å². The van der Waals surface area contributed by atoms with Gasteiger partial charge in [-0.3, -0.25) is 18.7 Å². The van der Waals surface area contributed by atoms with Gasteiger partial charge in [-0.1, -0.05) is 86.9 Å². The molecule has 6 aromatic heterocycles. The summed E-state index contributed by atoms with van der Waals surface area (Å²) >= 11 is 19.2. The van der Waals surface area contributed by atoms with Crippen LogP contribution in [-0.4, -0.2) is 73.2 Å². The van der Waals surface area contributed by atoms with E-state index in [1.54, 1.807) is 59.7 Å². The van der Waals surface area contributed by atoms with Crippen LogP contribution in [-0.2, 0) is 11.5 Å². The highest BCUT2D eigenvalue weighted by atomic mass is 79.9. The number of aromatic amines is 2. The van der Waals surface area contributed by atoms with Gasteiger partial charge in [0.2, 0.25) is 0 Å². The fraction of sp³-hybridized carbons (Fsp3) is 0.0952. The Kier molecular flexibility index (Phi) is 12.1. The summed E-state index contributed by atoms with van der Waals surface area (Å²) in [6.45, 7) is 0. The highest BCUT2D eigenvalue weighted by Crippen LogP contribution is 2.33. The fourth-order valence-electron chi connectivity index (χ4n) is 6.68. The monoisotopic (exact) mass is 978 g/mol. The number of ether oxygens (including phenoxy) is 2. The molecular weight excluding hydrogens is 951 g/mol. The second-order valence-corrected chi connectivity index (χ2v) is 16.9. The number of nitrogens with one attached hydrogen (secondary N) is 2. The zero-order chi connectivity index (χ0) is 43.6. The Morgan fingerprint density at radius 2 is 1.11 bits per heavy atom. The fourth-order valence-corrected chi connectivity index (χ4v) is 9.22. The van der Waals surface area contributed by atoms with Crippen molar-refractivity contribution in [2.45, 2.75) is 21.6 Å². The molecule has 0 atom stereocenters. The lowest BCUT2D eigenvalue weighted by atomic mass is 10.2. The number of hydrogen-bond donors (Lipinski definition) is 2. The SMILES string of the molecule is COc1cc2nc(CSc3ncnc4[nH]cnc34)n(-c3ccccc3Cl)c(=O)c2cc1OC.O=c1c2cc(Br)ccc2nc(CSc2ncnc3[nH]cnc23)n1-c1ccccc1Cl. The third kappa shape index (κ3) is 8.32. The molecule has 0 aliphatic rings. The largest absolute Gasteiger partial charge is 0.493 e. The van der Waals surface area contributed by atoms with Gasteiger partial charge < -0.3 is 19.4 Å². The highest BCUT2D eigenvalue weighted by molar-refractivity contribution is 9.10. The van der Waals surface area contributed by atoms with E-state index in [0.717, 1.165) is 4.47 Å². The molecule has 0 saturated heterocycles. The molecule has 0 unspecified atom stereocenters. The second-order valence-electron chi connectivity index (χ2n) is 13.3. The third-order valence-electron chi connectivity index (χ3n) is 9.57. The first-order chi connectivity index (χ1) is 30.7. The van der Waals surface area contributed by atoms with E-state index in [2.05, 4.69) is 55.8 Å². The summed E-state index contributed by atoms with van der Waals surface area (Å²) in [4.78, 5) is 68.2. The molecule has 10 rings (SSSR count). The number of thioether (sulfide) groups is 2. The van der Waals surface area contributed by atoms with Gasteiger partial charge in [0.15, 0.2) is 22.8 Å². The van der Waals surface area contributed by atoms with Gasteiger partial charge in [-0.05, 0) is 48.5 Å². The maximum atomic E-state index is 13.7. The number of hydrogen-bond acceptors (Lipinski definition) is 14. The molecule has 0 aliphatic carbocycles. The second kappa shape index (κ2) is 18.1. The number of methoxy groups -OCH3 is 2. The van der Waals surface area contributed by atoms with Gasteiger partial charge in [-0.25, -0.2) is 39.9 Å². The zero-order valence-corrected chi connectivity index (χ0v) is 37.5. The average Bonchev–Trinajstić information content (AvgIpc) is 4.00. The van der Waals surface area contributed by atoms with Gasteiger partial charge in [0.25, 0.3) is 11.1 Å². The molecule has 0 amide bonds. The number of H-pyrrole nitrogens is 2. The maximum Gasteiger partial charge on any atom is 0.266 e. The van der Waals surface area contributed by atoms with Gasteiger partial charge in [0.05, 0.1) is 81.6 Å². The van der Waals surface area contributed by atoms with E-state index in [4.69, 9.17) is 42.6 Å². The first-order valence-electron chi connectivity index (χ1n) is 18.6. The van der Waals surface area contributed by atoms with Gasteiger partial charge in [-0.2, -0.15) is 0 Å². The summed E-state index contributed by atoms with van der Waals surface area (Å²) < 4.78 is 14.7. The van der Waals surface area contributed by atoms with Crippen LogP contribution in [0.5, 0.6) is 11.5 Å². The molecule has 0 spiro atoms. The van der Waals surface area contributed by atoms with Crippen LogP contribution in [0.2, 0.25) is 10.0 Å². The quantitative estimate of drug-likeness (QED) is 0.0974. The summed E-state index contributed by atoms with van der Waals surface area (Å²) in [6, 6.07) is 23.1. The Morgan fingerprint density at radius 1 is 0.619 bits per heavy atom. The van der Waals surface area contributed by atoms with Crippen LogP contribution >= 0.6 is 62.7 Å². The van der Waals surface area contributed by atoms with Crippen LogP contribution in [0.25, 0.3) is 55.5 Å². The molecule has 0 aliphatic heterocycles. The van der Waals surface area contributed by atoms with Crippen LogP contribution in [0.4, 0.5) is 0 Å². The van der Waals surface area contributed by atoms with Crippen LogP contribution in [0.3, 0.4) is 0 Å². The minimum atomic E-state index is -0.266. The van der Waals surface area contributed by atoms with Crippen LogP contribution < -0.4 is 20.6 Å². The van der Waals surface area contributed by atoms with Gasteiger partial charge >= 0.3 is 0 Å². The van der Waals surface area contributed by atoms with Crippen molar-refractivity contribution >= 4 is 107 Å². The molecule has 6 heterocycles. The average molecular weight is 981 g/mol. The van der Waals surface area contributed by atoms with E-state index in [-0.39, 0.29) is 11.1 Å². The van der Waals surface area contributed by atoms with Crippen molar-refractivity contribution in [1.29, 1.82) is 0 Å². The summed E-state index contributed by atoms with van der Waals surface area (Å²) in [6.07, 6.45) is 6.09. The van der Waals surface area contributed by atoms with Crippen molar-refractivity contribution in [3.05, 3.63) is 151 Å². The number of nitrogens with zero attached hydrogens (tertiary/aromatic N) is 10. The van der Waals surface area contributed by atoms with Crippen molar-refractivity contribution in [3.8, 4) is 22.9 Å². The lowest BCUT2D eigenvalue weighted by Crippen LogP contribution is -2.24. The number of rotatable bonds is 10. The van der Waals surface area contributed by atoms with E-state index >= 15 is 0 Å². The Bertz CT molecular complexity index is 3480. The Morgan fingerprint density at radius 3 is 1.63 bits per heavy atom. The summed E-state index contributed by atoms with van der Waals surface area (Å²) in [5.41, 5.74) is 4.42. The predicted molar refractivity (Wildman–Crippen MR) is 248 cm³/mol. The Labute approximate surface area is 382 Å². The molecule has 314 valence electrons. The van der Waals surface area contributed by atoms with Gasteiger partial charge in [0.1, 0.15) is 45.4 Å². The summed E-state index contributed by atoms with van der Waals surface area (Å²) in [5, 5.41) is 3.18. The molecule has 21 heteroatoms. The number of para-hydroxylation sites is 2. The van der Waals surface area contributed by atoms with Crippen molar-refractivity contribution < 1.29 is 9.47 Å². The Hall–Kier alpha value is -6.38. The van der Waals surface area contributed by atoms with E-state index in [1.165, 1.54) is 55.0 Å². The molecule has 0 fully saturated rings. The van der Waals surface area contributed by atoms with Crippen LogP contribution in [0.15, 0.2) is 128 Å². The summed E-state index contributed by atoms with van der Waals surface area (Å²) in [5.74, 6) is 2.73. The molecule has 0 bridgehead atoms. The molecule has 2 N–H and O–H groups in total. The topological polar surface area (TPSA) is 197 Å². The summed E-state index contributed by atoms with van der Waals surface area (Å²) in [7, 11) is 3.06. The first-order valence-corrected chi connectivity index (χ1v) is 22.2. The van der Waals surface area contributed by atoms with Crippen molar-refractivity contribution in [2.24, 2.45) is 0 Å². The third-order valence-corrected chi connectivity index (χ3v) is 12.7. The van der Waals surface area contributed by atoms with Crippen molar-refractivity contribution in [3.63, 3.8) is 0 Å². The van der Waals surface area contributed by atoms with E-state index in [1.807, 2.05) is 36.4 Å². The Balaban J connectivity index is 0.000000161. The zero-order valence-electron chi connectivity index (χ0n) is 32.8. The lowest BCUT2D eigenvalue weighted by Gasteiger charge is -2.16. The predicted octanol–water partition coefficient (Wildman–Crippen LogP) is 8.78. The molecular formula is C42H29BrCl2N12O4S2. The van der Waals surface area contributed by atoms with E-state index in [0.29, 0.717) is 110 Å². The van der Waals surface area contributed by atoms with Crippen LogP contribution in [0, 0.1) is 0 Å². The highest BCUT2D eigenvalue weighted by Gasteiger charge is 2.20. The van der Waals surface area contributed by atoms with E-state index in [9.17, 15) is 9.59 Å². The molecule has 4 aromatic carbocycles. The van der Waals surface area contributed by atoms with Crippen LogP contribution in [0.1, 0.15) is 11.6 Å². The standard InChI is InChI=1S/C22H17ClN6O3S.C20H12BrClN6OS/c1-31-16-7-12-14(8-17(16)32-2)28-18(29(22(12)30)15-6-4-3-5-13(15)23)9-33-21-19-20(25-10-24-19)26-11-27-21;21-11-5-6-14-12(7-11)20(29)28(15-4-2-1-3-13(15)22)16(27-14)8-30-19-17-18(24-9-23-17)25-10-26-19/h3-8,10-11H,9H2,1-2H3,(H,24,25,26,27);1-7,9-10H,8H2,(H,23,24,25,26). The lowest BCUT2D eigenvalue weighted by molar-refractivity contribution is 0.355. The molecule has 63 heavy (non-hydrogen) atoms. The van der Waals surface area contributed by atoms with Gasteiger partial charge in [0, 0.05) is 10.5 Å². The number of imidazole rings is 2. The first kappa shape index (κ1) is 41.9. The number of fused-ring (bicyclic) bond motifs is 4. The van der Waals surface area contributed by atoms with E-state index < -0.39 is 0 Å². The maximum absolute atomic E-state index is 13.7. The number of aromatic nitrogens is 12. The molecule has 0 saturated carbocycles. The van der Waals surface area contributed by atoms with Crippen molar-refractivity contribution in [2.75, 3.05) is 14.2 Å². The normalized spacial score (nSPS) is 11.3. The molecule has 0 radical (unpaired) electrons. The minimum Gasteiger partial charge on any atom is -0.493 e. The molecule has 10 aromatic rings. The number of benzene rings is 4.